The van der Waals surface area contributed by atoms with Gasteiger partial charge in [-0.2, -0.15) is 15.4 Å². The lowest BCUT2D eigenvalue weighted by molar-refractivity contribution is 0.0946. The van der Waals surface area contributed by atoms with Gasteiger partial charge < -0.3 is 9.73 Å². The van der Waals surface area contributed by atoms with Crippen molar-refractivity contribution in [2.24, 2.45) is 0 Å². The molecule has 6 nitrogen and oxygen atoms in total. The van der Waals surface area contributed by atoms with Gasteiger partial charge in [0.15, 0.2) is 5.69 Å². The predicted octanol–water partition coefficient (Wildman–Crippen LogP) is 0.328. The zero-order valence-electron chi connectivity index (χ0n) is 7.23. The Bertz CT molecular complexity index is 393. The van der Waals surface area contributed by atoms with Crippen molar-refractivity contribution in [2.75, 3.05) is 0 Å². The van der Waals surface area contributed by atoms with Crippen molar-refractivity contribution in [3.05, 3.63) is 36.0 Å². The maximum atomic E-state index is 11.3. The van der Waals surface area contributed by atoms with Gasteiger partial charge in [-0.3, -0.25) is 4.79 Å². The molecule has 0 aliphatic heterocycles. The van der Waals surface area contributed by atoms with Crippen LogP contribution in [0.3, 0.4) is 0 Å². The first-order chi connectivity index (χ1) is 6.86. The van der Waals surface area contributed by atoms with Crippen LogP contribution in [0.25, 0.3) is 0 Å². The number of nitrogens with zero attached hydrogens (tertiary/aromatic N) is 2. The van der Waals surface area contributed by atoms with E-state index in [4.69, 9.17) is 4.42 Å². The van der Waals surface area contributed by atoms with Crippen LogP contribution in [0, 0.1) is 0 Å². The average Bonchev–Trinajstić information content (AvgIpc) is 2.87. The second-order valence-electron chi connectivity index (χ2n) is 2.67. The molecule has 0 aliphatic carbocycles. The van der Waals surface area contributed by atoms with Crippen molar-refractivity contribution in [1.82, 2.24) is 20.7 Å². The molecule has 2 N–H and O–H groups in total. The summed E-state index contributed by atoms with van der Waals surface area (Å²) in [5, 5.41) is 12.2. The van der Waals surface area contributed by atoms with Crippen LogP contribution in [-0.2, 0) is 6.54 Å². The third kappa shape index (κ3) is 1.79. The molecule has 0 aliphatic rings. The van der Waals surface area contributed by atoms with Crippen molar-refractivity contribution in [1.29, 1.82) is 0 Å². The first-order valence-electron chi connectivity index (χ1n) is 4.01. The zero-order valence-corrected chi connectivity index (χ0v) is 7.23. The van der Waals surface area contributed by atoms with Crippen LogP contribution >= 0.6 is 0 Å². The van der Waals surface area contributed by atoms with E-state index in [-0.39, 0.29) is 11.6 Å². The van der Waals surface area contributed by atoms with Gasteiger partial charge in [0.1, 0.15) is 0 Å². The molecular formula is C8H8N4O2. The van der Waals surface area contributed by atoms with E-state index < -0.39 is 0 Å². The maximum absolute atomic E-state index is 11.3. The summed E-state index contributed by atoms with van der Waals surface area (Å²) in [6.07, 6.45) is 4.49. The molecule has 0 atom stereocenters. The van der Waals surface area contributed by atoms with Crippen LogP contribution in [0.1, 0.15) is 16.1 Å². The van der Waals surface area contributed by atoms with Gasteiger partial charge in [0.05, 0.1) is 18.7 Å². The van der Waals surface area contributed by atoms with Gasteiger partial charge in [0.2, 0.25) is 0 Å². The van der Waals surface area contributed by atoms with Gasteiger partial charge in [-0.15, -0.1) is 0 Å². The predicted molar refractivity (Wildman–Crippen MR) is 46.3 cm³/mol. The van der Waals surface area contributed by atoms with Crippen LogP contribution in [-0.4, -0.2) is 21.3 Å². The number of hydrogen-bond acceptors (Lipinski definition) is 4. The third-order valence-electron chi connectivity index (χ3n) is 1.68. The largest absolute Gasteiger partial charge is 0.472 e. The Balaban J connectivity index is 1.90. The Hall–Kier alpha value is -2.11. The standard InChI is InChI=1S/C8H8N4O2/c13-8(7-4-10-12-11-7)9-3-6-1-2-14-5-6/h1-2,4-5H,3H2,(H,9,13)(H,10,11,12). The molecule has 0 saturated carbocycles. The Kier molecular flexibility index (Phi) is 2.26. The number of hydrogen-bond donors (Lipinski definition) is 2. The van der Waals surface area contributed by atoms with Gasteiger partial charge in [-0.05, 0) is 6.07 Å². The molecule has 0 saturated heterocycles. The molecule has 0 spiro atoms. The number of rotatable bonds is 3. The second kappa shape index (κ2) is 3.73. The minimum absolute atomic E-state index is 0.264. The third-order valence-corrected chi connectivity index (χ3v) is 1.68. The van der Waals surface area contributed by atoms with Gasteiger partial charge in [-0.25, -0.2) is 0 Å². The van der Waals surface area contributed by atoms with Crippen molar-refractivity contribution in [2.45, 2.75) is 6.54 Å². The molecule has 0 unspecified atom stereocenters. The summed E-state index contributed by atoms with van der Waals surface area (Å²) in [6, 6.07) is 1.78. The number of H-pyrrole nitrogens is 1. The molecule has 2 heterocycles. The summed E-state index contributed by atoms with van der Waals surface area (Å²) < 4.78 is 4.85. The zero-order chi connectivity index (χ0) is 9.80. The Morgan fingerprint density at radius 2 is 2.57 bits per heavy atom. The van der Waals surface area contributed by atoms with Gasteiger partial charge in [-0.1, -0.05) is 0 Å². The van der Waals surface area contributed by atoms with Crippen molar-refractivity contribution >= 4 is 5.91 Å². The lowest BCUT2D eigenvalue weighted by Gasteiger charge is -1.98. The highest BCUT2D eigenvalue weighted by Gasteiger charge is 2.07. The van der Waals surface area contributed by atoms with Gasteiger partial charge in [0, 0.05) is 12.1 Å². The molecule has 0 radical (unpaired) electrons. The van der Waals surface area contributed by atoms with E-state index in [0.717, 1.165) is 5.56 Å². The molecule has 0 aromatic carbocycles. The Morgan fingerprint density at radius 3 is 3.21 bits per heavy atom. The van der Waals surface area contributed by atoms with Gasteiger partial charge in [0.25, 0.3) is 5.91 Å². The highest BCUT2D eigenvalue weighted by Crippen LogP contribution is 1.99. The SMILES string of the molecule is O=C(NCc1ccoc1)c1cn[nH]n1. The molecule has 1 amide bonds. The summed E-state index contributed by atoms with van der Waals surface area (Å²) in [4.78, 5) is 11.3. The molecule has 72 valence electrons. The number of carbonyl (C=O) groups is 1. The fourth-order valence-corrected chi connectivity index (χ4v) is 0.977. The number of aromatic nitrogens is 3. The summed E-state index contributed by atoms with van der Waals surface area (Å²) in [7, 11) is 0. The summed E-state index contributed by atoms with van der Waals surface area (Å²) in [5.41, 5.74) is 1.18. The summed E-state index contributed by atoms with van der Waals surface area (Å²) in [5.74, 6) is -0.264. The van der Waals surface area contributed by atoms with Crippen molar-refractivity contribution < 1.29 is 9.21 Å². The Labute approximate surface area is 79.3 Å². The summed E-state index contributed by atoms with van der Waals surface area (Å²) in [6.45, 7) is 0.419. The van der Waals surface area contributed by atoms with E-state index >= 15 is 0 Å². The molecule has 14 heavy (non-hydrogen) atoms. The van der Waals surface area contributed by atoms with E-state index in [1.54, 1.807) is 18.6 Å². The lowest BCUT2D eigenvalue weighted by Crippen LogP contribution is -2.22. The number of aromatic amines is 1. The number of carbonyl (C=O) groups excluding carboxylic acids is 1. The summed E-state index contributed by atoms with van der Waals surface area (Å²) >= 11 is 0. The van der Waals surface area contributed by atoms with E-state index in [2.05, 4.69) is 20.7 Å². The van der Waals surface area contributed by atoms with E-state index in [0.29, 0.717) is 6.54 Å². The monoisotopic (exact) mass is 192 g/mol. The fourth-order valence-electron chi connectivity index (χ4n) is 0.977. The topological polar surface area (TPSA) is 83.8 Å². The van der Waals surface area contributed by atoms with Crippen LogP contribution in [0.5, 0.6) is 0 Å². The maximum Gasteiger partial charge on any atom is 0.273 e. The van der Waals surface area contributed by atoms with Gasteiger partial charge >= 0.3 is 0 Å². The second-order valence-corrected chi connectivity index (χ2v) is 2.67. The fraction of sp³-hybridized carbons (Fsp3) is 0.125. The minimum atomic E-state index is -0.264. The molecule has 0 fully saturated rings. The number of nitrogens with one attached hydrogen (secondary N) is 2. The Morgan fingerprint density at radius 1 is 1.64 bits per heavy atom. The van der Waals surface area contributed by atoms with E-state index in [1.165, 1.54) is 6.20 Å². The first kappa shape index (κ1) is 8.49. The highest BCUT2D eigenvalue weighted by atomic mass is 16.3. The molecule has 2 aromatic rings. The van der Waals surface area contributed by atoms with Crippen LogP contribution in [0.2, 0.25) is 0 Å². The van der Waals surface area contributed by atoms with Crippen LogP contribution in [0.4, 0.5) is 0 Å². The van der Waals surface area contributed by atoms with Crippen molar-refractivity contribution in [3.8, 4) is 0 Å². The quantitative estimate of drug-likeness (QED) is 0.733. The molecule has 2 rings (SSSR count). The smallest absolute Gasteiger partial charge is 0.273 e. The molecule has 0 bridgehead atoms. The van der Waals surface area contributed by atoms with E-state index in [9.17, 15) is 4.79 Å². The highest BCUT2D eigenvalue weighted by molar-refractivity contribution is 5.91. The molecular weight excluding hydrogens is 184 g/mol. The molecule has 2 aromatic heterocycles. The van der Waals surface area contributed by atoms with Crippen LogP contribution < -0.4 is 5.32 Å². The van der Waals surface area contributed by atoms with Crippen LogP contribution in [0.15, 0.2) is 29.2 Å². The average molecular weight is 192 g/mol. The number of furan rings is 1. The molecule has 6 heteroatoms. The van der Waals surface area contributed by atoms with E-state index in [1.807, 2.05) is 0 Å². The van der Waals surface area contributed by atoms with Crippen molar-refractivity contribution in [3.63, 3.8) is 0 Å². The minimum Gasteiger partial charge on any atom is -0.472 e. The lowest BCUT2D eigenvalue weighted by atomic mass is 10.3. The normalized spacial score (nSPS) is 10.0. The first-order valence-corrected chi connectivity index (χ1v) is 4.01. The number of amides is 1.